The first-order valence-corrected chi connectivity index (χ1v) is 6.31. The first-order chi connectivity index (χ1) is 8.24. The summed E-state index contributed by atoms with van der Waals surface area (Å²) in [5, 5.41) is 0. The van der Waals surface area contributed by atoms with Gasteiger partial charge in [0, 0.05) is 6.04 Å². The third kappa shape index (κ3) is 3.79. The van der Waals surface area contributed by atoms with Crippen molar-refractivity contribution < 1.29 is 9.47 Å². The van der Waals surface area contributed by atoms with E-state index in [1.54, 1.807) is 7.11 Å². The van der Waals surface area contributed by atoms with Crippen molar-refractivity contribution >= 4 is 12.4 Å². The smallest absolute Gasteiger partial charge is 0.161 e. The highest BCUT2D eigenvalue weighted by molar-refractivity contribution is 5.85. The van der Waals surface area contributed by atoms with Gasteiger partial charge >= 0.3 is 0 Å². The van der Waals surface area contributed by atoms with E-state index in [0.717, 1.165) is 29.4 Å². The predicted octanol–water partition coefficient (Wildman–Crippen LogP) is 3.32. The van der Waals surface area contributed by atoms with Crippen molar-refractivity contribution in [3.05, 3.63) is 23.8 Å². The Labute approximate surface area is 115 Å². The van der Waals surface area contributed by atoms with E-state index in [1.807, 2.05) is 25.1 Å². The molecule has 0 amide bonds. The van der Waals surface area contributed by atoms with Gasteiger partial charge in [0.2, 0.25) is 0 Å². The second-order valence-corrected chi connectivity index (χ2v) is 4.63. The summed E-state index contributed by atoms with van der Waals surface area (Å²) in [6.45, 7) is 2.61. The van der Waals surface area contributed by atoms with Crippen molar-refractivity contribution in [2.75, 3.05) is 13.7 Å². The SMILES string of the molecule is CCOc1ccc([C@@H](N)CC2CC2)cc1OC.Cl. The van der Waals surface area contributed by atoms with Gasteiger partial charge in [-0.2, -0.15) is 0 Å². The number of hydrogen-bond donors (Lipinski definition) is 1. The van der Waals surface area contributed by atoms with Crippen LogP contribution in [0.15, 0.2) is 18.2 Å². The van der Waals surface area contributed by atoms with E-state index >= 15 is 0 Å². The Bertz CT molecular complexity index is 380. The van der Waals surface area contributed by atoms with Gasteiger partial charge < -0.3 is 15.2 Å². The molecule has 18 heavy (non-hydrogen) atoms. The molecule has 3 nitrogen and oxygen atoms in total. The minimum absolute atomic E-state index is 0. The van der Waals surface area contributed by atoms with Gasteiger partial charge in [0.25, 0.3) is 0 Å². The van der Waals surface area contributed by atoms with Crippen molar-refractivity contribution in [1.29, 1.82) is 0 Å². The van der Waals surface area contributed by atoms with Gasteiger partial charge in [-0.15, -0.1) is 12.4 Å². The van der Waals surface area contributed by atoms with Crippen molar-refractivity contribution in [3.63, 3.8) is 0 Å². The fraction of sp³-hybridized carbons (Fsp3) is 0.571. The average molecular weight is 272 g/mol. The number of rotatable bonds is 6. The van der Waals surface area contributed by atoms with Gasteiger partial charge in [-0.05, 0) is 37.0 Å². The molecule has 1 aromatic carbocycles. The summed E-state index contributed by atoms with van der Waals surface area (Å²) in [6.07, 6.45) is 3.75. The molecule has 102 valence electrons. The van der Waals surface area contributed by atoms with Gasteiger partial charge in [-0.1, -0.05) is 18.9 Å². The summed E-state index contributed by atoms with van der Waals surface area (Å²) in [6, 6.07) is 6.11. The Balaban J connectivity index is 0.00000162. The number of halogens is 1. The minimum atomic E-state index is 0. The maximum Gasteiger partial charge on any atom is 0.161 e. The number of benzene rings is 1. The second kappa shape index (κ2) is 6.86. The third-order valence-corrected chi connectivity index (χ3v) is 3.20. The molecule has 0 heterocycles. The molecule has 2 N–H and O–H groups in total. The first kappa shape index (κ1) is 15.1. The highest BCUT2D eigenvalue weighted by Gasteiger charge is 2.24. The highest BCUT2D eigenvalue weighted by Crippen LogP contribution is 2.38. The number of ether oxygens (including phenoxy) is 2. The fourth-order valence-electron chi connectivity index (χ4n) is 2.04. The van der Waals surface area contributed by atoms with Crippen LogP contribution in [0.1, 0.15) is 37.8 Å². The van der Waals surface area contributed by atoms with Crippen LogP contribution in [0.3, 0.4) is 0 Å². The quantitative estimate of drug-likeness (QED) is 0.863. The van der Waals surface area contributed by atoms with Crippen LogP contribution in [0.2, 0.25) is 0 Å². The molecule has 1 aromatic rings. The Kier molecular flexibility index (Phi) is 5.76. The lowest BCUT2D eigenvalue weighted by molar-refractivity contribution is 0.310. The molecule has 0 saturated heterocycles. The summed E-state index contributed by atoms with van der Waals surface area (Å²) in [5.41, 5.74) is 7.32. The molecular weight excluding hydrogens is 250 g/mol. The molecule has 1 aliphatic rings. The minimum Gasteiger partial charge on any atom is -0.493 e. The van der Waals surface area contributed by atoms with E-state index in [2.05, 4.69) is 0 Å². The Morgan fingerprint density at radius 3 is 2.61 bits per heavy atom. The lowest BCUT2D eigenvalue weighted by Gasteiger charge is -2.15. The van der Waals surface area contributed by atoms with Crippen molar-refractivity contribution in [1.82, 2.24) is 0 Å². The molecule has 0 radical (unpaired) electrons. The van der Waals surface area contributed by atoms with E-state index in [9.17, 15) is 0 Å². The zero-order chi connectivity index (χ0) is 12.3. The Hall–Kier alpha value is -0.930. The van der Waals surface area contributed by atoms with Crippen LogP contribution >= 0.6 is 12.4 Å². The van der Waals surface area contributed by atoms with Crippen LogP contribution in [0.25, 0.3) is 0 Å². The Morgan fingerprint density at radius 1 is 1.33 bits per heavy atom. The normalized spacial score (nSPS) is 15.7. The molecule has 1 atom stereocenters. The largest absolute Gasteiger partial charge is 0.493 e. The molecular formula is C14H22ClNO2. The predicted molar refractivity (Wildman–Crippen MR) is 75.7 cm³/mol. The van der Waals surface area contributed by atoms with Crippen LogP contribution in [-0.4, -0.2) is 13.7 Å². The van der Waals surface area contributed by atoms with Gasteiger partial charge in [0.1, 0.15) is 0 Å². The lowest BCUT2D eigenvalue weighted by Crippen LogP contribution is -2.11. The van der Waals surface area contributed by atoms with E-state index in [0.29, 0.717) is 6.61 Å². The van der Waals surface area contributed by atoms with Crippen molar-refractivity contribution in [2.45, 2.75) is 32.2 Å². The van der Waals surface area contributed by atoms with Crippen LogP contribution in [0.4, 0.5) is 0 Å². The summed E-state index contributed by atoms with van der Waals surface area (Å²) >= 11 is 0. The number of nitrogens with two attached hydrogens (primary N) is 1. The maximum absolute atomic E-state index is 6.19. The summed E-state index contributed by atoms with van der Waals surface area (Å²) in [7, 11) is 1.66. The molecule has 1 saturated carbocycles. The third-order valence-electron chi connectivity index (χ3n) is 3.20. The maximum atomic E-state index is 6.19. The molecule has 0 spiro atoms. The highest BCUT2D eigenvalue weighted by atomic mass is 35.5. The molecule has 2 rings (SSSR count). The second-order valence-electron chi connectivity index (χ2n) is 4.63. The van der Waals surface area contributed by atoms with Gasteiger partial charge in [0.05, 0.1) is 13.7 Å². The summed E-state index contributed by atoms with van der Waals surface area (Å²) < 4.78 is 10.8. The van der Waals surface area contributed by atoms with Gasteiger partial charge in [0.15, 0.2) is 11.5 Å². The molecule has 1 aliphatic carbocycles. The Morgan fingerprint density at radius 2 is 2.06 bits per heavy atom. The van der Waals surface area contributed by atoms with Crippen LogP contribution in [0, 0.1) is 5.92 Å². The molecule has 0 aromatic heterocycles. The molecule has 0 unspecified atom stereocenters. The average Bonchev–Trinajstić information content (AvgIpc) is 3.13. The zero-order valence-electron chi connectivity index (χ0n) is 11.0. The van der Waals surface area contributed by atoms with Crippen LogP contribution < -0.4 is 15.2 Å². The van der Waals surface area contributed by atoms with Crippen LogP contribution in [0.5, 0.6) is 11.5 Å². The molecule has 0 aliphatic heterocycles. The first-order valence-electron chi connectivity index (χ1n) is 6.31. The van der Waals surface area contributed by atoms with E-state index in [-0.39, 0.29) is 18.4 Å². The molecule has 0 bridgehead atoms. The lowest BCUT2D eigenvalue weighted by atomic mass is 10.0. The summed E-state index contributed by atoms with van der Waals surface area (Å²) in [4.78, 5) is 0. The fourth-order valence-corrected chi connectivity index (χ4v) is 2.04. The van der Waals surface area contributed by atoms with Gasteiger partial charge in [-0.3, -0.25) is 0 Å². The van der Waals surface area contributed by atoms with Crippen LogP contribution in [-0.2, 0) is 0 Å². The van der Waals surface area contributed by atoms with Crippen molar-refractivity contribution in [2.24, 2.45) is 11.7 Å². The van der Waals surface area contributed by atoms with E-state index < -0.39 is 0 Å². The topological polar surface area (TPSA) is 44.5 Å². The van der Waals surface area contributed by atoms with E-state index in [4.69, 9.17) is 15.2 Å². The molecule has 1 fully saturated rings. The van der Waals surface area contributed by atoms with E-state index in [1.165, 1.54) is 12.8 Å². The number of hydrogen-bond acceptors (Lipinski definition) is 3. The summed E-state index contributed by atoms with van der Waals surface area (Å²) in [5.74, 6) is 2.40. The standard InChI is InChI=1S/C14H21NO2.ClH/c1-3-17-13-7-6-11(9-14(13)16-2)12(15)8-10-4-5-10;/h6-7,9-10,12H,3-5,8,15H2,1-2H3;1H/t12-;/m0./s1. The monoisotopic (exact) mass is 271 g/mol. The van der Waals surface area contributed by atoms with Crippen molar-refractivity contribution in [3.8, 4) is 11.5 Å². The molecule has 4 heteroatoms. The zero-order valence-corrected chi connectivity index (χ0v) is 11.8. The number of methoxy groups -OCH3 is 1. The van der Waals surface area contributed by atoms with Gasteiger partial charge in [-0.25, -0.2) is 0 Å².